The fourth-order valence-corrected chi connectivity index (χ4v) is 3.76. The van der Waals surface area contributed by atoms with Crippen molar-refractivity contribution in [1.29, 1.82) is 0 Å². The zero-order valence-corrected chi connectivity index (χ0v) is 14.3. The van der Waals surface area contributed by atoms with E-state index in [2.05, 4.69) is 0 Å². The highest BCUT2D eigenvalue weighted by molar-refractivity contribution is 7.54. The van der Waals surface area contributed by atoms with E-state index in [0.29, 0.717) is 31.1 Å². The molecule has 0 amide bonds. The first-order valence-corrected chi connectivity index (χ1v) is 9.74. The Kier molecular flexibility index (Phi) is 5.91. The standard InChI is InChI=1S/C18H21O5P/c19-24(22-16-8-3-1-4-9-16,23-17-10-5-2-6-11-17)13-7-12-20-14-18-15-21-18/h1-6,8-11,18H,7,12-15H2. The average Bonchev–Trinajstić information content (AvgIpc) is 3.40. The number of para-hydroxylation sites is 2. The van der Waals surface area contributed by atoms with E-state index < -0.39 is 7.60 Å². The third-order valence-electron chi connectivity index (χ3n) is 3.40. The lowest BCUT2D eigenvalue weighted by molar-refractivity contribution is 0.117. The van der Waals surface area contributed by atoms with E-state index in [4.69, 9.17) is 18.5 Å². The van der Waals surface area contributed by atoms with Crippen LogP contribution in [0.1, 0.15) is 6.42 Å². The summed E-state index contributed by atoms with van der Waals surface area (Å²) in [5.74, 6) is 1.06. The monoisotopic (exact) mass is 348 g/mol. The Labute approximate surface area is 142 Å². The minimum absolute atomic E-state index is 0.234. The molecule has 24 heavy (non-hydrogen) atoms. The van der Waals surface area contributed by atoms with Crippen LogP contribution in [0, 0.1) is 0 Å². The van der Waals surface area contributed by atoms with Crippen LogP contribution in [0.5, 0.6) is 11.5 Å². The molecule has 1 atom stereocenters. The Morgan fingerprint density at radius 3 is 2.00 bits per heavy atom. The van der Waals surface area contributed by atoms with Crippen molar-refractivity contribution in [3.05, 3.63) is 60.7 Å². The fourth-order valence-electron chi connectivity index (χ4n) is 2.13. The van der Waals surface area contributed by atoms with E-state index in [1.165, 1.54) is 0 Å². The molecule has 1 aliphatic rings. The molecule has 1 aliphatic heterocycles. The van der Waals surface area contributed by atoms with Crippen LogP contribution < -0.4 is 9.05 Å². The van der Waals surface area contributed by atoms with Crippen LogP contribution in [0.25, 0.3) is 0 Å². The van der Waals surface area contributed by atoms with Gasteiger partial charge >= 0.3 is 7.60 Å². The van der Waals surface area contributed by atoms with E-state index in [0.717, 1.165) is 6.61 Å². The second kappa shape index (κ2) is 8.34. The molecule has 2 aromatic rings. The number of rotatable bonds is 10. The maximum absolute atomic E-state index is 13.1. The predicted octanol–water partition coefficient (Wildman–Crippen LogP) is 4.14. The molecule has 0 bridgehead atoms. The smallest absolute Gasteiger partial charge is 0.416 e. The van der Waals surface area contributed by atoms with Crippen molar-refractivity contribution in [1.82, 2.24) is 0 Å². The van der Waals surface area contributed by atoms with Crippen molar-refractivity contribution in [2.45, 2.75) is 12.5 Å². The normalized spacial score (nSPS) is 16.6. The van der Waals surface area contributed by atoms with Crippen LogP contribution in [0.3, 0.4) is 0 Å². The molecule has 0 radical (unpaired) electrons. The Hall–Kier alpha value is -1.81. The van der Waals surface area contributed by atoms with Crippen LogP contribution in [-0.2, 0) is 14.0 Å². The first-order chi connectivity index (χ1) is 11.7. The summed E-state index contributed by atoms with van der Waals surface area (Å²) in [6.45, 7) is 1.86. The Balaban J connectivity index is 1.59. The summed E-state index contributed by atoms with van der Waals surface area (Å²) >= 11 is 0. The lowest BCUT2D eigenvalue weighted by Crippen LogP contribution is -2.09. The average molecular weight is 348 g/mol. The summed E-state index contributed by atoms with van der Waals surface area (Å²) in [5, 5.41) is 0. The number of ether oxygens (including phenoxy) is 2. The molecule has 128 valence electrons. The lowest BCUT2D eigenvalue weighted by Gasteiger charge is -2.20. The van der Waals surface area contributed by atoms with Gasteiger partial charge in [0, 0.05) is 6.61 Å². The van der Waals surface area contributed by atoms with Crippen LogP contribution in [0.2, 0.25) is 0 Å². The molecule has 1 fully saturated rings. The molecule has 6 heteroatoms. The maximum atomic E-state index is 13.1. The Morgan fingerprint density at radius 2 is 1.50 bits per heavy atom. The predicted molar refractivity (Wildman–Crippen MR) is 91.8 cm³/mol. The van der Waals surface area contributed by atoms with E-state index >= 15 is 0 Å². The molecule has 1 unspecified atom stereocenters. The molecular weight excluding hydrogens is 327 g/mol. The molecule has 0 N–H and O–H groups in total. The van der Waals surface area contributed by atoms with Gasteiger partial charge in [0.25, 0.3) is 0 Å². The molecule has 1 heterocycles. The fraction of sp³-hybridized carbons (Fsp3) is 0.333. The molecule has 0 aromatic heterocycles. The van der Waals surface area contributed by atoms with Gasteiger partial charge in [-0.3, -0.25) is 0 Å². The van der Waals surface area contributed by atoms with Gasteiger partial charge in [0.05, 0.1) is 19.4 Å². The quantitative estimate of drug-likeness (QED) is 0.367. The summed E-state index contributed by atoms with van der Waals surface area (Å²) in [7, 11) is -3.32. The van der Waals surface area contributed by atoms with Gasteiger partial charge in [0.1, 0.15) is 17.6 Å². The zero-order chi connectivity index (χ0) is 16.7. The maximum Gasteiger partial charge on any atom is 0.430 e. The Bertz CT molecular complexity index is 612. The van der Waals surface area contributed by atoms with Crippen LogP contribution >= 0.6 is 7.60 Å². The van der Waals surface area contributed by atoms with E-state index in [1.54, 1.807) is 24.3 Å². The molecule has 5 nitrogen and oxygen atoms in total. The van der Waals surface area contributed by atoms with Crippen LogP contribution in [-0.4, -0.2) is 32.1 Å². The van der Waals surface area contributed by atoms with Crippen molar-refractivity contribution in [2.24, 2.45) is 0 Å². The van der Waals surface area contributed by atoms with E-state index in [-0.39, 0.29) is 12.3 Å². The largest absolute Gasteiger partial charge is 0.430 e. The van der Waals surface area contributed by atoms with Crippen molar-refractivity contribution >= 4 is 7.60 Å². The topological polar surface area (TPSA) is 57.3 Å². The van der Waals surface area contributed by atoms with Crippen molar-refractivity contribution < 1.29 is 23.1 Å². The highest BCUT2D eigenvalue weighted by Gasteiger charge is 2.28. The van der Waals surface area contributed by atoms with Crippen LogP contribution in [0.4, 0.5) is 0 Å². The van der Waals surface area contributed by atoms with Gasteiger partial charge in [-0.1, -0.05) is 36.4 Å². The third-order valence-corrected chi connectivity index (χ3v) is 5.24. The van der Waals surface area contributed by atoms with Crippen molar-refractivity contribution in [3.8, 4) is 11.5 Å². The highest BCUT2D eigenvalue weighted by atomic mass is 31.2. The van der Waals surface area contributed by atoms with Gasteiger partial charge in [-0.15, -0.1) is 0 Å². The number of benzene rings is 2. The summed E-state index contributed by atoms with van der Waals surface area (Å²) in [6, 6.07) is 18.2. The number of hydrogen-bond donors (Lipinski definition) is 0. The van der Waals surface area contributed by atoms with E-state index in [1.807, 2.05) is 36.4 Å². The molecule has 1 saturated heterocycles. The molecule has 3 rings (SSSR count). The third kappa shape index (κ3) is 5.68. The van der Waals surface area contributed by atoms with Gasteiger partial charge in [-0.25, -0.2) is 4.57 Å². The first kappa shape index (κ1) is 17.0. The van der Waals surface area contributed by atoms with Gasteiger partial charge in [-0.05, 0) is 30.7 Å². The minimum atomic E-state index is -3.32. The van der Waals surface area contributed by atoms with Crippen LogP contribution in [0.15, 0.2) is 60.7 Å². The van der Waals surface area contributed by atoms with E-state index in [9.17, 15) is 4.57 Å². The summed E-state index contributed by atoms with van der Waals surface area (Å²) in [4.78, 5) is 0. The molecule has 2 aromatic carbocycles. The number of epoxide rings is 1. The van der Waals surface area contributed by atoms with Gasteiger partial charge in [0.2, 0.25) is 0 Å². The SMILES string of the molecule is O=P(CCCOCC1CO1)(Oc1ccccc1)Oc1ccccc1. The molecule has 0 saturated carbocycles. The number of hydrogen-bond acceptors (Lipinski definition) is 5. The second-order valence-electron chi connectivity index (χ2n) is 5.53. The van der Waals surface area contributed by atoms with Crippen molar-refractivity contribution in [2.75, 3.05) is 26.0 Å². The summed E-state index contributed by atoms with van der Waals surface area (Å²) in [6.07, 6.45) is 1.10. The van der Waals surface area contributed by atoms with Gasteiger partial charge in [0.15, 0.2) is 0 Å². The molecular formula is C18H21O5P. The highest BCUT2D eigenvalue weighted by Crippen LogP contribution is 2.48. The van der Waals surface area contributed by atoms with Crippen molar-refractivity contribution in [3.63, 3.8) is 0 Å². The molecule has 0 spiro atoms. The van der Waals surface area contributed by atoms with Gasteiger partial charge in [-0.2, -0.15) is 0 Å². The van der Waals surface area contributed by atoms with Gasteiger partial charge < -0.3 is 18.5 Å². The summed E-state index contributed by atoms with van der Waals surface area (Å²) < 4.78 is 35.1. The first-order valence-electron chi connectivity index (χ1n) is 8.01. The summed E-state index contributed by atoms with van der Waals surface area (Å²) in [5.41, 5.74) is 0. The second-order valence-corrected chi connectivity index (χ2v) is 7.56. The minimum Gasteiger partial charge on any atom is -0.416 e. The lowest BCUT2D eigenvalue weighted by atomic mass is 10.3. The molecule has 0 aliphatic carbocycles. The Morgan fingerprint density at radius 1 is 0.958 bits per heavy atom. The zero-order valence-electron chi connectivity index (χ0n) is 13.4.